The number of halogens is 1. The Morgan fingerprint density at radius 2 is 1.90 bits per heavy atom. The number of carbonyl (C=O) groups is 1. The maximum atomic E-state index is 13.2. The molecule has 1 N–H and O–H groups in total. The molecule has 30 heavy (non-hydrogen) atoms. The van der Waals surface area contributed by atoms with Gasteiger partial charge in [-0.05, 0) is 57.2 Å². The van der Waals surface area contributed by atoms with Gasteiger partial charge in [0, 0.05) is 30.2 Å². The number of aromatic nitrogens is 2. The van der Waals surface area contributed by atoms with Gasteiger partial charge in [0.2, 0.25) is 15.9 Å². The molecule has 3 rings (SSSR count). The van der Waals surface area contributed by atoms with E-state index >= 15 is 0 Å². The SMILES string of the molecule is Cc1nn(CCC(=O)Nc2cccc(Cl)c2C)c(C)c1S(=O)(=O)N1CCC(C)CC1. The van der Waals surface area contributed by atoms with E-state index < -0.39 is 10.0 Å². The highest BCUT2D eigenvalue weighted by molar-refractivity contribution is 7.89. The van der Waals surface area contributed by atoms with Crippen LogP contribution in [0.1, 0.15) is 43.1 Å². The minimum atomic E-state index is -3.59. The number of hydrogen-bond donors (Lipinski definition) is 1. The van der Waals surface area contributed by atoms with Gasteiger partial charge in [0.25, 0.3) is 0 Å². The van der Waals surface area contributed by atoms with Crippen LogP contribution in [0.4, 0.5) is 5.69 Å². The second-order valence-electron chi connectivity index (χ2n) is 8.02. The fourth-order valence-corrected chi connectivity index (χ4v) is 5.81. The summed E-state index contributed by atoms with van der Waals surface area (Å²) in [5.41, 5.74) is 2.52. The summed E-state index contributed by atoms with van der Waals surface area (Å²) in [6.45, 7) is 8.82. The monoisotopic (exact) mass is 452 g/mol. The van der Waals surface area contributed by atoms with Gasteiger partial charge in [-0.15, -0.1) is 0 Å². The molecule has 1 aliphatic rings. The highest BCUT2D eigenvalue weighted by Crippen LogP contribution is 2.28. The van der Waals surface area contributed by atoms with E-state index in [4.69, 9.17) is 11.6 Å². The van der Waals surface area contributed by atoms with Crippen LogP contribution in [0.5, 0.6) is 0 Å². The van der Waals surface area contributed by atoms with Crippen molar-refractivity contribution >= 4 is 33.2 Å². The number of rotatable bonds is 6. The van der Waals surface area contributed by atoms with Gasteiger partial charge in [-0.3, -0.25) is 9.48 Å². The Bertz CT molecular complexity index is 1040. The van der Waals surface area contributed by atoms with Crippen molar-refractivity contribution in [2.24, 2.45) is 5.92 Å². The van der Waals surface area contributed by atoms with E-state index in [2.05, 4.69) is 17.3 Å². The molecule has 0 spiro atoms. The molecule has 1 fully saturated rings. The number of hydrogen-bond acceptors (Lipinski definition) is 4. The summed E-state index contributed by atoms with van der Waals surface area (Å²) < 4.78 is 29.5. The summed E-state index contributed by atoms with van der Waals surface area (Å²) in [6.07, 6.45) is 1.91. The standard InChI is InChI=1S/C21H29ClN4O3S/c1-14-8-11-25(12-9-14)30(28,29)21-16(3)24-26(17(21)4)13-10-20(27)23-19-7-5-6-18(22)15(19)2/h5-7,14H,8-13H2,1-4H3,(H,23,27). The molecule has 1 aliphatic heterocycles. The van der Waals surface area contributed by atoms with Crippen LogP contribution in [-0.2, 0) is 21.4 Å². The summed E-state index contributed by atoms with van der Waals surface area (Å²) in [6, 6.07) is 5.35. The molecule has 1 saturated heterocycles. The predicted molar refractivity (Wildman–Crippen MR) is 118 cm³/mol. The first kappa shape index (κ1) is 22.8. The number of carbonyl (C=O) groups excluding carboxylic acids is 1. The van der Waals surface area contributed by atoms with Crippen molar-refractivity contribution in [3.63, 3.8) is 0 Å². The zero-order chi connectivity index (χ0) is 22.1. The molecule has 164 valence electrons. The number of anilines is 1. The Labute approximate surface area is 183 Å². The van der Waals surface area contributed by atoms with Gasteiger partial charge in [0.1, 0.15) is 4.90 Å². The molecule has 1 aromatic heterocycles. The number of piperidine rings is 1. The molecule has 7 nitrogen and oxygen atoms in total. The first-order valence-electron chi connectivity index (χ1n) is 10.2. The smallest absolute Gasteiger partial charge is 0.246 e. The quantitative estimate of drug-likeness (QED) is 0.720. The number of nitrogens with one attached hydrogen (secondary N) is 1. The lowest BCUT2D eigenvalue weighted by Gasteiger charge is -2.29. The molecule has 1 aromatic carbocycles. The van der Waals surface area contributed by atoms with E-state index in [1.165, 1.54) is 0 Å². The highest BCUT2D eigenvalue weighted by atomic mass is 35.5. The number of aryl methyl sites for hydroxylation is 2. The zero-order valence-corrected chi connectivity index (χ0v) is 19.5. The summed E-state index contributed by atoms with van der Waals surface area (Å²) >= 11 is 6.10. The zero-order valence-electron chi connectivity index (χ0n) is 17.9. The van der Waals surface area contributed by atoms with Crippen LogP contribution in [0.2, 0.25) is 5.02 Å². The van der Waals surface area contributed by atoms with Crippen LogP contribution >= 0.6 is 11.6 Å². The Morgan fingerprint density at radius 3 is 2.57 bits per heavy atom. The molecule has 2 heterocycles. The van der Waals surface area contributed by atoms with Crippen LogP contribution in [-0.4, -0.2) is 41.5 Å². The molecule has 0 saturated carbocycles. The third-order valence-electron chi connectivity index (χ3n) is 5.75. The summed E-state index contributed by atoms with van der Waals surface area (Å²) in [4.78, 5) is 12.7. The van der Waals surface area contributed by atoms with Gasteiger partial charge in [0.15, 0.2) is 0 Å². The number of amides is 1. The maximum absolute atomic E-state index is 13.2. The fourth-order valence-electron chi connectivity index (χ4n) is 3.79. The second-order valence-corrected chi connectivity index (χ2v) is 10.3. The summed E-state index contributed by atoms with van der Waals surface area (Å²) in [7, 11) is -3.59. The largest absolute Gasteiger partial charge is 0.326 e. The van der Waals surface area contributed by atoms with Crippen LogP contribution < -0.4 is 5.32 Å². The Hall–Kier alpha value is -1.90. The lowest BCUT2D eigenvalue weighted by Crippen LogP contribution is -2.38. The van der Waals surface area contributed by atoms with Crippen molar-refractivity contribution in [2.75, 3.05) is 18.4 Å². The topological polar surface area (TPSA) is 84.3 Å². The van der Waals surface area contributed by atoms with Crippen LogP contribution in [0.25, 0.3) is 0 Å². The van der Waals surface area contributed by atoms with Crippen LogP contribution in [0.15, 0.2) is 23.1 Å². The molecule has 9 heteroatoms. The van der Waals surface area contributed by atoms with Crippen LogP contribution in [0, 0.1) is 26.7 Å². The van der Waals surface area contributed by atoms with Gasteiger partial charge in [-0.1, -0.05) is 24.6 Å². The van der Waals surface area contributed by atoms with E-state index in [1.807, 2.05) is 6.92 Å². The lowest BCUT2D eigenvalue weighted by molar-refractivity contribution is -0.116. The van der Waals surface area contributed by atoms with Gasteiger partial charge in [-0.2, -0.15) is 9.40 Å². The van der Waals surface area contributed by atoms with Crippen molar-refractivity contribution in [3.8, 4) is 0 Å². The Balaban J connectivity index is 1.71. The van der Waals surface area contributed by atoms with Gasteiger partial charge in [-0.25, -0.2) is 8.42 Å². The summed E-state index contributed by atoms with van der Waals surface area (Å²) in [5.74, 6) is 0.366. The third kappa shape index (κ3) is 4.71. The first-order valence-corrected chi connectivity index (χ1v) is 12.0. The average Bonchev–Trinajstić information content (AvgIpc) is 2.98. The Kier molecular flexibility index (Phi) is 6.89. The third-order valence-corrected chi connectivity index (χ3v) is 8.31. The van der Waals surface area contributed by atoms with Crippen molar-refractivity contribution in [1.29, 1.82) is 0 Å². The number of sulfonamides is 1. The van der Waals surface area contributed by atoms with E-state index in [-0.39, 0.29) is 17.2 Å². The van der Waals surface area contributed by atoms with E-state index in [1.54, 1.807) is 41.0 Å². The van der Waals surface area contributed by atoms with E-state index in [0.717, 1.165) is 18.4 Å². The molecular formula is C21H29ClN4O3S. The normalized spacial score (nSPS) is 16.0. The summed E-state index contributed by atoms with van der Waals surface area (Å²) in [5, 5.41) is 7.85. The Morgan fingerprint density at radius 1 is 1.23 bits per heavy atom. The minimum absolute atomic E-state index is 0.175. The van der Waals surface area contributed by atoms with Gasteiger partial charge >= 0.3 is 0 Å². The van der Waals surface area contributed by atoms with Crippen LogP contribution in [0.3, 0.4) is 0 Å². The van der Waals surface area contributed by atoms with Crippen molar-refractivity contribution in [2.45, 2.75) is 58.4 Å². The molecular weight excluding hydrogens is 424 g/mol. The number of benzene rings is 1. The average molecular weight is 453 g/mol. The first-order chi connectivity index (χ1) is 14.1. The minimum Gasteiger partial charge on any atom is -0.326 e. The van der Waals surface area contributed by atoms with Crippen molar-refractivity contribution < 1.29 is 13.2 Å². The molecule has 1 amide bonds. The van der Waals surface area contributed by atoms with Gasteiger partial charge in [0.05, 0.1) is 17.9 Å². The van der Waals surface area contributed by atoms with E-state index in [9.17, 15) is 13.2 Å². The second kappa shape index (κ2) is 9.08. The van der Waals surface area contributed by atoms with E-state index in [0.29, 0.717) is 47.7 Å². The molecule has 0 atom stereocenters. The predicted octanol–water partition coefficient (Wildman–Crippen LogP) is 3.91. The van der Waals surface area contributed by atoms with Crippen molar-refractivity contribution in [3.05, 3.63) is 40.2 Å². The molecule has 0 bridgehead atoms. The number of nitrogens with zero attached hydrogens (tertiary/aromatic N) is 3. The fraction of sp³-hybridized carbons (Fsp3) is 0.524. The molecule has 0 unspecified atom stereocenters. The maximum Gasteiger partial charge on any atom is 0.246 e. The van der Waals surface area contributed by atoms with Gasteiger partial charge < -0.3 is 5.32 Å². The molecule has 2 aromatic rings. The highest BCUT2D eigenvalue weighted by Gasteiger charge is 2.33. The molecule has 0 radical (unpaired) electrons. The lowest BCUT2D eigenvalue weighted by atomic mass is 10.0. The van der Waals surface area contributed by atoms with Crippen molar-refractivity contribution in [1.82, 2.24) is 14.1 Å². The molecule has 0 aliphatic carbocycles.